The van der Waals surface area contributed by atoms with E-state index in [1.807, 2.05) is 0 Å². The van der Waals surface area contributed by atoms with E-state index in [0.717, 1.165) is 11.3 Å². The highest BCUT2D eigenvalue weighted by atomic mass is 32.1. The maximum Gasteiger partial charge on any atom is 0.354 e. The van der Waals surface area contributed by atoms with E-state index in [1.165, 1.54) is 4.57 Å². The average molecular weight is 262 g/mol. The zero-order chi connectivity index (χ0) is 12.7. The highest BCUT2D eigenvalue weighted by Gasteiger charge is 2.61. The summed E-state index contributed by atoms with van der Waals surface area (Å²) in [6.07, 6.45) is 2.01. The van der Waals surface area contributed by atoms with E-state index >= 15 is 0 Å². The van der Waals surface area contributed by atoms with Crippen LogP contribution in [-0.2, 0) is 11.8 Å². The van der Waals surface area contributed by atoms with Gasteiger partial charge in [-0.1, -0.05) is 0 Å². The van der Waals surface area contributed by atoms with Crippen molar-refractivity contribution in [2.24, 2.45) is 12.0 Å². The molecule has 94 valence electrons. The maximum absolute atomic E-state index is 13.7. The van der Waals surface area contributed by atoms with E-state index in [2.05, 4.69) is 4.99 Å². The first-order valence-corrected chi connectivity index (χ1v) is 6.04. The quantitative estimate of drug-likeness (QED) is 0.866. The molecular formula is C10H12F2N2O2S. The molecule has 1 aromatic rings. The third-order valence-electron chi connectivity index (χ3n) is 2.99. The fourth-order valence-corrected chi connectivity index (χ4v) is 2.34. The largest absolute Gasteiger partial charge is 0.383 e. The van der Waals surface area contributed by atoms with Crippen LogP contribution in [0.4, 0.5) is 8.78 Å². The average Bonchev–Trinajstić information content (AvgIpc) is 2.60. The highest BCUT2D eigenvalue weighted by molar-refractivity contribution is 7.07. The summed E-state index contributed by atoms with van der Waals surface area (Å²) in [6.45, 7) is 0. The van der Waals surface area contributed by atoms with Crippen LogP contribution in [0.5, 0.6) is 0 Å². The summed E-state index contributed by atoms with van der Waals surface area (Å²) in [5.74, 6) is -5.37. The summed E-state index contributed by atoms with van der Waals surface area (Å²) in [4.78, 5) is 15.0. The number of aromatic nitrogens is 1. The van der Waals surface area contributed by atoms with Crippen molar-refractivity contribution in [2.75, 3.05) is 0 Å². The van der Waals surface area contributed by atoms with Crippen LogP contribution in [0, 0.1) is 0 Å². The Morgan fingerprint density at radius 1 is 1.65 bits per heavy atom. The van der Waals surface area contributed by atoms with Crippen molar-refractivity contribution in [3.63, 3.8) is 0 Å². The van der Waals surface area contributed by atoms with E-state index in [0.29, 0.717) is 6.42 Å². The normalized spacial score (nSPS) is 20.1. The Labute approximate surface area is 100 Å². The summed E-state index contributed by atoms with van der Waals surface area (Å²) in [6, 6.07) is 0. The monoisotopic (exact) mass is 262 g/mol. The number of amides is 1. The van der Waals surface area contributed by atoms with E-state index in [1.54, 1.807) is 18.6 Å². The SMILES string of the molecule is Cn1ccsc1=NC(=O)C(F)(F)C1(O)CCC1. The van der Waals surface area contributed by atoms with Gasteiger partial charge < -0.3 is 9.67 Å². The summed E-state index contributed by atoms with van der Waals surface area (Å²) in [5, 5.41) is 11.2. The van der Waals surface area contributed by atoms with Gasteiger partial charge in [0.25, 0.3) is 0 Å². The predicted octanol–water partition coefficient (Wildman–Crippen LogP) is 1.06. The topological polar surface area (TPSA) is 54.6 Å². The molecule has 0 aliphatic heterocycles. The fourth-order valence-electron chi connectivity index (χ4n) is 1.62. The summed E-state index contributed by atoms with van der Waals surface area (Å²) in [5.41, 5.74) is -2.20. The van der Waals surface area contributed by atoms with Crippen molar-refractivity contribution in [2.45, 2.75) is 30.8 Å². The second-order valence-corrected chi connectivity index (χ2v) is 5.05. The molecule has 0 spiro atoms. The predicted molar refractivity (Wildman–Crippen MR) is 57.6 cm³/mol. The lowest BCUT2D eigenvalue weighted by Gasteiger charge is -2.40. The molecule has 1 N–H and O–H groups in total. The maximum atomic E-state index is 13.7. The molecular weight excluding hydrogens is 250 g/mol. The lowest BCUT2D eigenvalue weighted by atomic mass is 9.75. The Balaban J connectivity index is 2.30. The number of aliphatic hydroxyl groups is 1. The van der Waals surface area contributed by atoms with Gasteiger partial charge in [-0.15, -0.1) is 11.3 Å². The first-order chi connectivity index (χ1) is 7.87. The molecule has 1 saturated carbocycles. The van der Waals surface area contributed by atoms with Crippen LogP contribution in [0.3, 0.4) is 0 Å². The minimum Gasteiger partial charge on any atom is -0.383 e. The van der Waals surface area contributed by atoms with Crippen molar-refractivity contribution < 1.29 is 18.7 Å². The van der Waals surface area contributed by atoms with Crippen LogP contribution in [-0.4, -0.2) is 27.1 Å². The van der Waals surface area contributed by atoms with Gasteiger partial charge >= 0.3 is 11.8 Å². The van der Waals surface area contributed by atoms with Gasteiger partial charge in [0.2, 0.25) is 0 Å². The second kappa shape index (κ2) is 3.99. The lowest BCUT2D eigenvalue weighted by molar-refractivity contribution is -0.213. The number of aryl methyl sites for hydroxylation is 1. The lowest BCUT2D eigenvalue weighted by Crippen LogP contribution is -2.57. The van der Waals surface area contributed by atoms with Gasteiger partial charge in [0.05, 0.1) is 0 Å². The zero-order valence-corrected chi connectivity index (χ0v) is 10.0. The van der Waals surface area contributed by atoms with Gasteiger partial charge in [-0.25, -0.2) is 0 Å². The van der Waals surface area contributed by atoms with Gasteiger partial charge in [0, 0.05) is 18.6 Å². The van der Waals surface area contributed by atoms with Crippen molar-refractivity contribution in [1.82, 2.24) is 4.57 Å². The van der Waals surface area contributed by atoms with E-state index in [4.69, 9.17) is 0 Å². The number of carbonyl (C=O) groups excluding carboxylic acids is 1. The number of carbonyl (C=O) groups is 1. The molecule has 1 aliphatic rings. The van der Waals surface area contributed by atoms with E-state index in [-0.39, 0.29) is 17.6 Å². The first kappa shape index (κ1) is 12.4. The van der Waals surface area contributed by atoms with Crippen LogP contribution >= 0.6 is 11.3 Å². The van der Waals surface area contributed by atoms with Crippen LogP contribution < -0.4 is 4.80 Å². The number of nitrogens with zero attached hydrogens (tertiary/aromatic N) is 2. The Bertz CT molecular complexity index is 502. The second-order valence-electron chi connectivity index (χ2n) is 4.17. The van der Waals surface area contributed by atoms with Gasteiger partial charge in [-0.2, -0.15) is 13.8 Å². The zero-order valence-electron chi connectivity index (χ0n) is 9.19. The molecule has 0 saturated heterocycles. The van der Waals surface area contributed by atoms with Crippen molar-refractivity contribution in [3.8, 4) is 0 Å². The van der Waals surface area contributed by atoms with Gasteiger partial charge in [-0.3, -0.25) is 4.79 Å². The van der Waals surface area contributed by atoms with E-state index in [9.17, 15) is 18.7 Å². The van der Waals surface area contributed by atoms with Crippen LogP contribution in [0.2, 0.25) is 0 Å². The number of halogens is 2. The molecule has 1 aromatic heterocycles. The van der Waals surface area contributed by atoms with Gasteiger partial charge in [0.15, 0.2) is 4.80 Å². The van der Waals surface area contributed by atoms with Crippen LogP contribution in [0.15, 0.2) is 16.6 Å². The van der Waals surface area contributed by atoms with Gasteiger partial charge in [-0.05, 0) is 19.3 Å². The minimum absolute atomic E-state index is 0.0577. The molecule has 4 nitrogen and oxygen atoms in total. The smallest absolute Gasteiger partial charge is 0.354 e. The Morgan fingerprint density at radius 3 is 2.71 bits per heavy atom. The molecule has 1 amide bonds. The number of hydrogen-bond donors (Lipinski definition) is 1. The summed E-state index contributed by atoms with van der Waals surface area (Å²) < 4.78 is 28.8. The van der Waals surface area contributed by atoms with Gasteiger partial charge in [0.1, 0.15) is 5.60 Å². The van der Waals surface area contributed by atoms with Crippen LogP contribution in [0.1, 0.15) is 19.3 Å². The fraction of sp³-hybridized carbons (Fsp3) is 0.600. The molecule has 0 unspecified atom stereocenters. The molecule has 1 heterocycles. The number of rotatable bonds is 2. The molecule has 2 rings (SSSR count). The standard InChI is InChI=1S/C10H12F2N2O2S/c1-14-5-6-17-8(14)13-7(15)10(11,12)9(16)3-2-4-9/h5-6,16H,2-4H2,1H3. The minimum atomic E-state index is -3.80. The highest BCUT2D eigenvalue weighted by Crippen LogP contribution is 2.44. The first-order valence-electron chi connectivity index (χ1n) is 5.16. The Kier molecular flexibility index (Phi) is 2.90. The molecule has 0 aromatic carbocycles. The summed E-state index contributed by atoms with van der Waals surface area (Å²) in [7, 11) is 1.61. The van der Waals surface area contributed by atoms with E-state index < -0.39 is 17.4 Å². The molecule has 0 radical (unpaired) electrons. The Hall–Kier alpha value is -1.08. The molecule has 0 bridgehead atoms. The summed E-state index contributed by atoms with van der Waals surface area (Å²) >= 11 is 1.09. The number of hydrogen-bond acceptors (Lipinski definition) is 3. The van der Waals surface area contributed by atoms with Crippen LogP contribution in [0.25, 0.3) is 0 Å². The molecule has 7 heteroatoms. The molecule has 17 heavy (non-hydrogen) atoms. The molecule has 1 aliphatic carbocycles. The van der Waals surface area contributed by atoms with Crippen molar-refractivity contribution in [1.29, 1.82) is 0 Å². The molecule has 1 fully saturated rings. The Morgan fingerprint density at radius 2 is 2.29 bits per heavy atom. The third-order valence-corrected chi connectivity index (χ3v) is 3.84. The van der Waals surface area contributed by atoms with Crippen molar-refractivity contribution in [3.05, 3.63) is 16.4 Å². The number of alkyl halides is 2. The van der Waals surface area contributed by atoms with Crippen molar-refractivity contribution >= 4 is 17.2 Å². The molecule has 0 atom stereocenters. The number of thiazole rings is 1. The third kappa shape index (κ3) is 1.93.